The van der Waals surface area contributed by atoms with Crippen molar-refractivity contribution in [3.63, 3.8) is 0 Å². The first kappa shape index (κ1) is 19.8. The van der Waals surface area contributed by atoms with Crippen LogP contribution in [0.5, 0.6) is 5.75 Å². The predicted octanol–water partition coefficient (Wildman–Crippen LogP) is 3.36. The zero-order valence-electron chi connectivity index (χ0n) is 15.7. The molecule has 2 rings (SSSR count). The van der Waals surface area contributed by atoms with Crippen LogP contribution in [0.1, 0.15) is 24.5 Å². The molecule has 26 heavy (non-hydrogen) atoms. The largest absolute Gasteiger partial charge is 0.489 e. The number of hydrogen-bond acceptors (Lipinski definition) is 3. The minimum absolute atomic E-state index is 0.558. The summed E-state index contributed by atoms with van der Waals surface area (Å²) in [5, 5.41) is 6.63. The van der Waals surface area contributed by atoms with Gasteiger partial charge in [-0.1, -0.05) is 48.5 Å². The summed E-state index contributed by atoms with van der Waals surface area (Å²) >= 11 is 0. The summed E-state index contributed by atoms with van der Waals surface area (Å²) in [5.41, 5.74) is 2.25. The number of hydrogen-bond donors (Lipinski definition) is 2. The molecule has 140 valence electrons. The third kappa shape index (κ3) is 7.15. The number of aliphatic imine (C=N–C) groups is 1. The minimum Gasteiger partial charge on any atom is -0.489 e. The van der Waals surface area contributed by atoms with Gasteiger partial charge in [0.2, 0.25) is 0 Å². The van der Waals surface area contributed by atoms with Gasteiger partial charge in [0, 0.05) is 38.9 Å². The molecule has 0 aliphatic heterocycles. The van der Waals surface area contributed by atoms with Crippen LogP contribution in [0.2, 0.25) is 0 Å². The Morgan fingerprint density at radius 1 is 1.00 bits per heavy atom. The highest BCUT2D eigenvalue weighted by molar-refractivity contribution is 5.79. The van der Waals surface area contributed by atoms with Crippen molar-refractivity contribution in [2.45, 2.75) is 26.5 Å². The number of rotatable bonds is 10. The predicted molar refractivity (Wildman–Crippen MR) is 107 cm³/mol. The van der Waals surface area contributed by atoms with Gasteiger partial charge in [-0.05, 0) is 25.0 Å². The van der Waals surface area contributed by atoms with E-state index in [4.69, 9.17) is 9.47 Å². The second-order valence-corrected chi connectivity index (χ2v) is 5.79. The number of benzene rings is 2. The van der Waals surface area contributed by atoms with Crippen LogP contribution in [-0.4, -0.2) is 32.8 Å². The Morgan fingerprint density at radius 3 is 2.54 bits per heavy atom. The van der Waals surface area contributed by atoms with Crippen LogP contribution in [-0.2, 0) is 17.9 Å². The summed E-state index contributed by atoms with van der Waals surface area (Å²) in [6, 6.07) is 18.3. The molecule has 0 fully saturated rings. The first-order valence-corrected chi connectivity index (χ1v) is 9.10. The summed E-state index contributed by atoms with van der Waals surface area (Å²) < 4.78 is 11.3. The molecule has 0 bridgehead atoms. The van der Waals surface area contributed by atoms with Crippen LogP contribution < -0.4 is 15.4 Å². The van der Waals surface area contributed by atoms with Crippen LogP contribution in [0, 0.1) is 0 Å². The van der Waals surface area contributed by atoms with Crippen molar-refractivity contribution in [2.75, 3.05) is 26.8 Å². The number of ether oxygens (including phenoxy) is 2. The van der Waals surface area contributed by atoms with Crippen LogP contribution in [0.25, 0.3) is 0 Å². The number of nitrogens with zero attached hydrogens (tertiary/aromatic N) is 1. The average Bonchev–Trinajstić information content (AvgIpc) is 2.70. The zero-order valence-corrected chi connectivity index (χ0v) is 15.7. The molecule has 0 amide bonds. The van der Waals surface area contributed by atoms with Gasteiger partial charge in [0.25, 0.3) is 0 Å². The van der Waals surface area contributed by atoms with Gasteiger partial charge in [0.15, 0.2) is 5.96 Å². The minimum atomic E-state index is 0.558. The fourth-order valence-electron chi connectivity index (χ4n) is 2.45. The fourth-order valence-corrected chi connectivity index (χ4v) is 2.45. The molecule has 0 heterocycles. The molecular weight excluding hydrogens is 326 g/mol. The molecule has 0 aliphatic carbocycles. The van der Waals surface area contributed by atoms with E-state index in [9.17, 15) is 0 Å². The second-order valence-electron chi connectivity index (χ2n) is 5.79. The third-order valence-electron chi connectivity index (χ3n) is 3.84. The smallest absolute Gasteiger partial charge is 0.191 e. The topological polar surface area (TPSA) is 54.9 Å². The molecule has 2 aromatic rings. The van der Waals surface area contributed by atoms with Crippen LogP contribution in [0.3, 0.4) is 0 Å². The molecule has 0 atom stereocenters. The molecule has 5 heteroatoms. The van der Waals surface area contributed by atoms with Gasteiger partial charge in [-0.2, -0.15) is 0 Å². The summed E-state index contributed by atoms with van der Waals surface area (Å²) in [5.74, 6) is 1.66. The number of para-hydroxylation sites is 1. The van der Waals surface area contributed by atoms with Gasteiger partial charge in [0.1, 0.15) is 12.4 Å². The molecule has 2 aromatic carbocycles. The van der Waals surface area contributed by atoms with Crippen LogP contribution in [0.4, 0.5) is 0 Å². The van der Waals surface area contributed by atoms with Crippen molar-refractivity contribution < 1.29 is 9.47 Å². The molecule has 5 nitrogen and oxygen atoms in total. The molecular formula is C21H29N3O2. The average molecular weight is 355 g/mol. The number of nitrogens with one attached hydrogen (secondary N) is 2. The lowest BCUT2D eigenvalue weighted by atomic mass is 10.2. The summed E-state index contributed by atoms with van der Waals surface area (Å²) in [4.78, 5) is 4.26. The highest BCUT2D eigenvalue weighted by Crippen LogP contribution is 2.19. The van der Waals surface area contributed by atoms with E-state index in [1.54, 1.807) is 7.05 Å². The lowest BCUT2D eigenvalue weighted by Gasteiger charge is -2.15. The van der Waals surface area contributed by atoms with Gasteiger partial charge in [0.05, 0.1) is 0 Å². The lowest BCUT2D eigenvalue weighted by molar-refractivity contribution is 0.145. The standard InChI is InChI=1S/C21H29N3O2/c1-3-25-15-9-14-23-21(22-2)24-16-19-12-7-8-13-20(19)26-17-18-10-5-4-6-11-18/h4-8,10-13H,3,9,14-17H2,1-2H3,(H2,22,23,24). The van der Waals surface area contributed by atoms with Crippen LogP contribution >= 0.6 is 0 Å². The monoisotopic (exact) mass is 355 g/mol. The van der Waals surface area contributed by atoms with Crippen LogP contribution in [0.15, 0.2) is 59.6 Å². The Bertz CT molecular complexity index is 659. The molecule has 0 unspecified atom stereocenters. The Hall–Kier alpha value is -2.53. The highest BCUT2D eigenvalue weighted by Gasteiger charge is 2.05. The maximum absolute atomic E-state index is 6.00. The number of guanidine groups is 1. The first-order chi connectivity index (χ1) is 12.8. The Labute approximate surface area is 156 Å². The fraction of sp³-hybridized carbons (Fsp3) is 0.381. The van der Waals surface area contributed by atoms with E-state index in [0.717, 1.165) is 49.0 Å². The molecule has 0 aliphatic rings. The SMILES string of the molecule is CCOCCCNC(=NC)NCc1ccccc1OCc1ccccc1. The molecule has 0 saturated heterocycles. The summed E-state index contributed by atoms with van der Waals surface area (Å²) in [6.07, 6.45) is 0.950. The zero-order chi connectivity index (χ0) is 18.5. The van der Waals surface area contributed by atoms with E-state index in [1.165, 1.54) is 0 Å². The van der Waals surface area contributed by atoms with E-state index >= 15 is 0 Å². The van der Waals surface area contributed by atoms with Gasteiger partial charge in [-0.3, -0.25) is 4.99 Å². The Kier molecular flexibility index (Phi) is 9.08. The molecule has 0 radical (unpaired) electrons. The molecule has 2 N–H and O–H groups in total. The van der Waals surface area contributed by atoms with E-state index in [1.807, 2.05) is 43.3 Å². The van der Waals surface area contributed by atoms with E-state index in [0.29, 0.717) is 13.2 Å². The molecule has 0 aromatic heterocycles. The van der Waals surface area contributed by atoms with Gasteiger partial charge in [-0.15, -0.1) is 0 Å². The molecule has 0 spiro atoms. The van der Waals surface area contributed by atoms with E-state index < -0.39 is 0 Å². The normalized spacial score (nSPS) is 11.2. The van der Waals surface area contributed by atoms with E-state index in [2.05, 4.69) is 33.8 Å². The first-order valence-electron chi connectivity index (χ1n) is 9.10. The van der Waals surface area contributed by atoms with Crippen molar-refractivity contribution in [2.24, 2.45) is 4.99 Å². The summed E-state index contributed by atoms with van der Waals surface area (Å²) in [6.45, 7) is 5.55. The maximum atomic E-state index is 6.00. The lowest BCUT2D eigenvalue weighted by Crippen LogP contribution is -2.37. The Balaban J connectivity index is 1.82. The summed E-state index contributed by atoms with van der Waals surface area (Å²) in [7, 11) is 1.77. The maximum Gasteiger partial charge on any atom is 0.191 e. The molecule has 0 saturated carbocycles. The van der Waals surface area contributed by atoms with E-state index in [-0.39, 0.29) is 0 Å². The quantitative estimate of drug-likeness (QED) is 0.390. The van der Waals surface area contributed by atoms with Crippen molar-refractivity contribution in [3.8, 4) is 5.75 Å². The Morgan fingerprint density at radius 2 is 1.77 bits per heavy atom. The van der Waals surface area contributed by atoms with Crippen molar-refractivity contribution in [1.82, 2.24) is 10.6 Å². The van der Waals surface area contributed by atoms with Crippen molar-refractivity contribution in [1.29, 1.82) is 0 Å². The van der Waals surface area contributed by atoms with Gasteiger partial charge >= 0.3 is 0 Å². The third-order valence-corrected chi connectivity index (χ3v) is 3.84. The van der Waals surface area contributed by atoms with Crippen molar-refractivity contribution >= 4 is 5.96 Å². The van der Waals surface area contributed by atoms with Crippen molar-refractivity contribution in [3.05, 3.63) is 65.7 Å². The highest BCUT2D eigenvalue weighted by atomic mass is 16.5. The second kappa shape index (κ2) is 11.9. The van der Waals surface area contributed by atoms with Gasteiger partial charge < -0.3 is 20.1 Å². The van der Waals surface area contributed by atoms with Gasteiger partial charge in [-0.25, -0.2) is 0 Å².